The Labute approximate surface area is 209 Å². The molecule has 1 heterocycles. The molecular weight excluding hydrogens is 446 g/mol. The molecule has 194 valence electrons. The van der Waals surface area contributed by atoms with Gasteiger partial charge in [0.15, 0.2) is 11.5 Å². The van der Waals surface area contributed by atoms with Crippen molar-refractivity contribution in [2.45, 2.75) is 78.0 Å². The van der Waals surface area contributed by atoms with E-state index in [4.69, 9.17) is 18.9 Å². The highest BCUT2D eigenvalue weighted by Gasteiger charge is 2.63. The van der Waals surface area contributed by atoms with E-state index in [1.807, 2.05) is 18.2 Å². The summed E-state index contributed by atoms with van der Waals surface area (Å²) in [6.45, 7) is 9.60. The van der Waals surface area contributed by atoms with Gasteiger partial charge >= 0.3 is 5.97 Å². The van der Waals surface area contributed by atoms with Crippen molar-refractivity contribution in [1.29, 1.82) is 0 Å². The van der Waals surface area contributed by atoms with Gasteiger partial charge in [0.25, 0.3) is 0 Å². The Balaban J connectivity index is 1.48. The minimum atomic E-state index is -0.507. The van der Waals surface area contributed by atoms with Crippen LogP contribution in [-0.2, 0) is 19.1 Å². The second kappa shape index (κ2) is 10.1. The molecule has 0 radical (unpaired) electrons. The second-order valence-electron chi connectivity index (χ2n) is 11.3. The number of ketones is 1. The Hall–Kier alpha value is -2.12. The van der Waals surface area contributed by atoms with Gasteiger partial charge in [-0.05, 0) is 61.6 Å². The number of Topliss-reactive ketones (excluding diaryl/α,β-unsaturated/α-hetero) is 1. The lowest BCUT2D eigenvalue weighted by molar-refractivity contribution is -0.159. The summed E-state index contributed by atoms with van der Waals surface area (Å²) in [4.78, 5) is 25.9. The molecule has 2 bridgehead atoms. The number of benzene rings is 1. The van der Waals surface area contributed by atoms with Crippen molar-refractivity contribution in [3.8, 4) is 11.5 Å². The van der Waals surface area contributed by atoms with E-state index in [1.165, 1.54) is 6.42 Å². The molecule has 2 saturated carbocycles. The molecule has 5 unspecified atom stereocenters. The number of rotatable bonds is 10. The van der Waals surface area contributed by atoms with Crippen LogP contribution < -0.4 is 14.8 Å². The standard InChI is InChI=1S/C28H41NO6/c1-17(30)20-16-21(26(31)35-24-15-19-10-11-28(24,4)27(19,2)3)29-25(20)18-8-9-22(33-6)23(14-18)34-13-7-12-32-5/h8-9,14,19-21,24-25,29H,7,10-13,15-16H2,1-6H3/t19?,20?,21?,24-,25?,28?/m0/s1. The number of hydrogen-bond acceptors (Lipinski definition) is 7. The van der Waals surface area contributed by atoms with Gasteiger partial charge in [0, 0.05) is 37.5 Å². The summed E-state index contributed by atoms with van der Waals surface area (Å²) in [5.41, 5.74) is 1.08. The normalized spacial score (nSPS) is 33.0. The van der Waals surface area contributed by atoms with E-state index in [1.54, 1.807) is 21.1 Å². The Morgan fingerprint density at radius 3 is 2.46 bits per heavy atom. The second-order valence-corrected chi connectivity index (χ2v) is 11.3. The SMILES string of the molecule is COCCCOc1cc(C2NC(C(=O)O[C@H]3CC4CCC3(C)C4(C)C)CC2C(C)=O)ccc1OC. The van der Waals surface area contributed by atoms with E-state index >= 15 is 0 Å². The molecule has 0 spiro atoms. The van der Waals surface area contributed by atoms with E-state index in [2.05, 4.69) is 26.1 Å². The molecule has 2 aliphatic carbocycles. The Bertz CT molecular complexity index is 945. The molecule has 4 rings (SSSR count). The van der Waals surface area contributed by atoms with Gasteiger partial charge in [0.1, 0.15) is 17.9 Å². The van der Waals surface area contributed by atoms with Crippen molar-refractivity contribution in [2.24, 2.45) is 22.7 Å². The van der Waals surface area contributed by atoms with Crippen LogP contribution >= 0.6 is 0 Å². The molecule has 1 aromatic rings. The first-order chi connectivity index (χ1) is 16.6. The minimum Gasteiger partial charge on any atom is -0.493 e. The number of ether oxygens (including phenoxy) is 4. The summed E-state index contributed by atoms with van der Waals surface area (Å²) in [6.07, 6.45) is 4.37. The molecule has 3 fully saturated rings. The van der Waals surface area contributed by atoms with Gasteiger partial charge in [-0.25, -0.2) is 0 Å². The first-order valence-corrected chi connectivity index (χ1v) is 12.9. The van der Waals surface area contributed by atoms with Crippen molar-refractivity contribution in [2.75, 3.05) is 27.4 Å². The van der Waals surface area contributed by atoms with Crippen molar-refractivity contribution in [3.05, 3.63) is 23.8 Å². The minimum absolute atomic E-state index is 0.0103. The molecule has 1 aromatic carbocycles. The summed E-state index contributed by atoms with van der Waals surface area (Å²) >= 11 is 0. The van der Waals surface area contributed by atoms with E-state index in [-0.39, 0.29) is 40.6 Å². The van der Waals surface area contributed by atoms with E-state index < -0.39 is 6.04 Å². The van der Waals surface area contributed by atoms with Gasteiger partial charge in [-0.2, -0.15) is 0 Å². The largest absolute Gasteiger partial charge is 0.493 e. The number of methoxy groups -OCH3 is 2. The highest BCUT2D eigenvalue weighted by atomic mass is 16.5. The van der Waals surface area contributed by atoms with Crippen LogP contribution in [0.3, 0.4) is 0 Å². The summed E-state index contributed by atoms with van der Waals surface area (Å²) in [7, 11) is 3.27. The first kappa shape index (κ1) is 26.0. The zero-order valence-corrected chi connectivity index (χ0v) is 22.0. The molecule has 6 atom stereocenters. The average molecular weight is 488 g/mol. The quantitative estimate of drug-likeness (QED) is 0.385. The maximum absolute atomic E-state index is 13.3. The predicted octanol–water partition coefficient (Wildman–Crippen LogP) is 4.48. The van der Waals surface area contributed by atoms with E-state index in [0.29, 0.717) is 37.1 Å². The Morgan fingerprint density at radius 2 is 1.86 bits per heavy atom. The summed E-state index contributed by atoms with van der Waals surface area (Å²) < 4.78 is 22.6. The number of carbonyl (C=O) groups excluding carboxylic acids is 2. The van der Waals surface area contributed by atoms with Crippen molar-refractivity contribution >= 4 is 11.8 Å². The fraction of sp³-hybridized carbons (Fsp3) is 0.714. The number of hydrogen-bond donors (Lipinski definition) is 1. The Morgan fingerprint density at radius 1 is 1.09 bits per heavy atom. The molecule has 3 aliphatic rings. The summed E-state index contributed by atoms with van der Waals surface area (Å²) in [5, 5.41) is 3.42. The van der Waals surface area contributed by atoms with Crippen LogP contribution in [0.5, 0.6) is 11.5 Å². The molecule has 7 nitrogen and oxygen atoms in total. The van der Waals surface area contributed by atoms with E-state index in [0.717, 1.165) is 24.8 Å². The van der Waals surface area contributed by atoms with Crippen LogP contribution in [0.15, 0.2) is 18.2 Å². The third-order valence-electron chi connectivity index (χ3n) is 9.35. The molecular formula is C28H41NO6. The molecule has 1 N–H and O–H groups in total. The van der Waals surface area contributed by atoms with Gasteiger partial charge in [-0.15, -0.1) is 0 Å². The van der Waals surface area contributed by atoms with Gasteiger partial charge in [0.2, 0.25) is 0 Å². The topological polar surface area (TPSA) is 83.1 Å². The monoisotopic (exact) mass is 487 g/mol. The fourth-order valence-corrected chi connectivity index (χ4v) is 6.60. The molecule has 0 aromatic heterocycles. The van der Waals surface area contributed by atoms with Crippen LogP contribution in [0, 0.1) is 22.7 Å². The zero-order valence-electron chi connectivity index (χ0n) is 22.0. The van der Waals surface area contributed by atoms with Gasteiger partial charge in [-0.1, -0.05) is 26.8 Å². The van der Waals surface area contributed by atoms with Crippen LogP contribution in [0.2, 0.25) is 0 Å². The Kier molecular flexibility index (Phi) is 7.49. The van der Waals surface area contributed by atoms with Crippen LogP contribution in [-0.4, -0.2) is 51.3 Å². The first-order valence-electron chi connectivity index (χ1n) is 12.9. The number of carbonyl (C=O) groups is 2. The number of fused-ring (bicyclic) bond motifs is 2. The lowest BCUT2D eigenvalue weighted by Crippen LogP contribution is -2.42. The number of esters is 1. The van der Waals surface area contributed by atoms with Crippen molar-refractivity contribution in [1.82, 2.24) is 5.32 Å². The third-order valence-corrected chi connectivity index (χ3v) is 9.35. The summed E-state index contributed by atoms with van der Waals surface area (Å²) in [5.74, 6) is 1.36. The highest BCUT2D eigenvalue weighted by Crippen LogP contribution is 2.66. The predicted molar refractivity (Wildman–Crippen MR) is 133 cm³/mol. The third kappa shape index (κ3) is 4.69. The van der Waals surface area contributed by atoms with E-state index in [9.17, 15) is 9.59 Å². The molecule has 7 heteroatoms. The van der Waals surface area contributed by atoms with Crippen LogP contribution in [0.1, 0.15) is 71.4 Å². The van der Waals surface area contributed by atoms with Gasteiger partial charge in [0.05, 0.1) is 13.7 Å². The van der Waals surface area contributed by atoms with Crippen LogP contribution in [0.4, 0.5) is 0 Å². The molecule has 0 amide bonds. The average Bonchev–Trinajstić information content (AvgIpc) is 3.42. The maximum atomic E-state index is 13.3. The fourth-order valence-electron chi connectivity index (χ4n) is 6.60. The zero-order chi connectivity index (χ0) is 25.4. The smallest absolute Gasteiger partial charge is 0.323 e. The maximum Gasteiger partial charge on any atom is 0.323 e. The molecule has 1 aliphatic heterocycles. The van der Waals surface area contributed by atoms with Crippen molar-refractivity contribution < 1.29 is 28.5 Å². The summed E-state index contributed by atoms with van der Waals surface area (Å²) in [6, 6.07) is 4.90. The van der Waals surface area contributed by atoms with Gasteiger partial charge in [-0.3, -0.25) is 14.9 Å². The molecule has 1 saturated heterocycles. The van der Waals surface area contributed by atoms with Gasteiger partial charge < -0.3 is 18.9 Å². The molecule has 35 heavy (non-hydrogen) atoms. The van der Waals surface area contributed by atoms with Crippen LogP contribution in [0.25, 0.3) is 0 Å². The number of nitrogens with one attached hydrogen (secondary N) is 1. The lowest BCUT2D eigenvalue weighted by Gasteiger charge is -2.38. The highest BCUT2D eigenvalue weighted by molar-refractivity contribution is 5.83. The van der Waals surface area contributed by atoms with Crippen molar-refractivity contribution in [3.63, 3.8) is 0 Å². The lowest BCUT2D eigenvalue weighted by atomic mass is 9.70.